The van der Waals surface area contributed by atoms with Crippen molar-refractivity contribution in [3.8, 4) is 0 Å². The van der Waals surface area contributed by atoms with Crippen molar-refractivity contribution in [1.82, 2.24) is 4.90 Å². The van der Waals surface area contributed by atoms with Crippen LogP contribution in [0.1, 0.15) is 43.6 Å². The van der Waals surface area contributed by atoms with Crippen molar-refractivity contribution in [2.75, 3.05) is 18.4 Å². The molecular weight excluding hydrogens is 240 g/mol. The summed E-state index contributed by atoms with van der Waals surface area (Å²) in [5.74, 6) is -0.0634. The summed E-state index contributed by atoms with van der Waals surface area (Å²) >= 11 is 0. The molecule has 104 valence electrons. The Balaban J connectivity index is 3.09. The van der Waals surface area contributed by atoms with Crippen molar-refractivity contribution in [3.05, 3.63) is 29.3 Å². The molecule has 0 aliphatic carbocycles. The first-order valence-corrected chi connectivity index (χ1v) is 6.61. The van der Waals surface area contributed by atoms with Crippen molar-refractivity contribution < 1.29 is 9.59 Å². The van der Waals surface area contributed by atoms with Crippen LogP contribution in [0.15, 0.2) is 18.2 Å². The molecule has 0 unspecified atom stereocenters. The molecule has 0 aromatic heterocycles. The molecule has 1 amide bonds. The topological polar surface area (TPSA) is 49.4 Å². The summed E-state index contributed by atoms with van der Waals surface area (Å²) in [4.78, 5) is 24.9. The predicted octanol–water partition coefficient (Wildman–Crippen LogP) is 2.69. The molecule has 0 spiro atoms. The Morgan fingerprint density at radius 3 is 2.26 bits per heavy atom. The van der Waals surface area contributed by atoms with E-state index in [9.17, 15) is 9.59 Å². The number of rotatable bonds is 6. The van der Waals surface area contributed by atoms with Gasteiger partial charge in [0.2, 0.25) is 5.91 Å². The van der Waals surface area contributed by atoms with Gasteiger partial charge in [0.1, 0.15) is 0 Å². The number of carbonyl (C=O) groups excluding carboxylic acids is 2. The number of nitrogens with zero attached hydrogens (tertiary/aromatic N) is 1. The summed E-state index contributed by atoms with van der Waals surface area (Å²) in [6.45, 7) is 9.81. The van der Waals surface area contributed by atoms with Crippen LogP contribution in [0.2, 0.25) is 0 Å². The molecule has 1 rings (SSSR count). The molecule has 0 fully saturated rings. The number of benzene rings is 1. The summed E-state index contributed by atoms with van der Waals surface area (Å²) in [5.41, 5.74) is 2.44. The zero-order valence-electron chi connectivity index (χ0n) is 12.1. The third-order valence-corrected chi connectivity index (χ3v) is 3.11. The Hall–Kier alpha value is -1.68. The van der Waals surface area contributed by atoms with Gasteiger partial charge in [0, 0.05) is 24.7 Å². The van der Waals surface area contributed by atoms with E-state index in [2.05, 4.69) is 24.1 Å². The van der Waals surface area contributed by atoms with E-state index < -0.39 is 0 Å². The van der Waals surface area contributed by atoms with Gasteiger partial charge in [-0.25, -0.2) is 0 Å². The molecule has 0 aliphatic rings. The number of amides is 1. The average molecular weight is 262 g/mol. The first kappa shape index (κ1) is 15.4. The minimum Gasteiger partial charge on any atom is -0.326 e. The maximum absolute atomic E-state index is 11.5. The molecule has 0 radical (unpaired) electrons. The van der Waals surface area contributed by atoms with Crippen molar-refractivity contribution in [3.63, 3.8) is 0 Å². The fourth-order valence-corrected chi connectivity index (χ4v) is 1.94. The first-order chi connectivity index (χ1) is 8.97. The highest BCUT2D eigenvalue weighted by Crippen LogP contribution is 2.20. The van der Waals surface area contributed by atoms with Crippen LogP contribution >= 0.6 is 0 Å². The molecule has 0 saturated heterocycles. The lowest BCUT2D eigenvalue weighted by Crippen LogP contribution is -2.23. The minimum atomic E-state index is -0.101. The number of nitrogens with one attached hydrogen (secondary N) is 1. The number of anilines is 1. The second-order valence-electron chi connectivity index (χ2n) is 4.57. The van der Waals surface area contributed by atoms with E-state index in [0.717, 1.165) is 30.9 Å². The molecule has 1 aromatic rings. The number of Topliss-reactive ketones (excluding diaryl/α,β-unsaturated/α-hetero) is 1. The van der Waals surface area contributed by atoms with Crippen molar-refractivity contribution >= 4 is 17.4 Å². The quantitative estimate of drug-likeness (QED) is 0.802. The fraction of sp³-hybridized carbons (Fsp3) is 0.467. The highest BCUT2D eigenvalue weighted by Gasteiger charge is 2.10. The maximum atomic E-state index is 11.5. The van der Waals surface area contributed by atoms with Crippen LogP contribution in [-0.2, 0) is 11.3 Å². The zero-order valence-corrected chi connectivity index (χ0v) is 12.1. The van der Waals surface area contributed by atoms with Crippen LogP contribution < -0.4 is 5.32 Å². The number of carbonyl (C=O) groups is 2. The van der Waals surface area contributed by atoms with Crippen LogP contribution in [0.5, 0.6) is 0 Å². The first-order valence-electron chi connectivity index (χ1n) is 6.61. The van der Waals surface area contributed by atoms with Gasteiger partial charge in [-0.05, 0) is 43.8 Å². The summed E-state index contributed by atoms with van der Waals surface area (Å²) in [6, 6.07) is 5.42. The van der Waals surface area contributed by atoms with Gasteiger partial charge in [-0.3, -0.25) is 14.5 Å². The summed E-state index contributed by atoms with van der Waals surface area (Å²) in [7, 11) is 0. The monoisotopic (exact) mass is 262 g/mol. The number of hydrogen-bond donors (Lipinski definition) is 1. The second-order valence-corrected chi connectivity index (χ2v) is 4.57. The molecule has 0 atom stereocenters. The minimum absolute atomic E-state index is 0.0372. The third-order valence-electron chi connectivity index (χ3n) is 3.11. The van der Waals surface area contributed by atoms with Gasteiger partial charge >= 0.3 is 0 Å². The van der Waals surface area contributed by atoms with Gasteiger partial charge in [-0.15, -0.1) is 0 Å². The summed E-state index contributed by atoms with van der Waals surface area (Å²) < 4.78 is 0. The Morgan fingerprint density at radius 2 is 1.79 bits per heavy atom. The van der Waals surface area contributed by atoms with Crippen molar-refractivity contribution in [2.45, 2.75) is 34.2 Å². The maximum Gasteiger partial charge on any atom is 0.221 e. The highest BCUT2D eigenvalue weighted by atomic mass is 16.1. The van der Waals surface area contributed by atoms with Gasteiger partial charge in [-0.2, -0.15) is 0 Å². The van der Waals surface area contributed by atoms with E-state index in [4.69, 9.17) is 0 Å². The lowest BCUT2D eigenvalue weighted by Gasteiger charge is -2.20. The van der Waals surface area contributed by atoms with E-state index in [-0.39, 0.29) is 11.7 Å². The Bertz CT molecular complexity index is 465. The van der Waals surface area contributed by atoms with E-state index in [1.54, 1.807) is 19.1 Å². The van der Waals surface area contributed by atoms with Crippen LogP contribution in [-0.4, -0.2) is 29.7 Å². The highest BCUT2D eigenvalue weighted by molar-refractivity contribution is 5.96. The lowest BCUT2D eigenvalue weighted by molar-refractivity contribution is -0.114. The number of hydrogen-bond acceptors (Lipinski definition) is 3. The molecule has 4 heteroatoms. The van der Waals surface area contributed by atoms with Crippen LogP contribution in [0, 0.1) is 0 Å². The lowest BCUT2D eigenvalue weighted by atomic mass is 10.1. The van der Waals surface area contributed by atoms with Gasteiger partial charge in [0.25, 0.3) is 0 Å². The molecule has 1 N–H and O–H groups in total. The van der Waals surface area contributed by atoms with Crippen molar-refractivity contribution in [2.24, 2.45) is 0 Å². The third kappa shape index (κ3) is 4.48. The molecule has 19 heavy (non-hydrogen) atoms. The molecule has 0 saturated carbocycles. The van der Waals surface area contributed by atoms with Crippen LogP contribution in [0.3, 0.4) is 0 Å². The van der Waals surface area contributed by atoms with E-state index in [1.807, 2.05) is 6.07 Å². The van der Waals surface area contributed by atoms with Crippen molar-refractivity contribution in [1.29, 1.82) is 0 Å². The van der Waals surface area contributed by atoms with Gasteiger partial charge in [0.15, 0.2) is 5.78 Å². The zero-order chi connectivity index (χ0) is 14.4. The summed E-state index contributed by atoms with van der Waals surface area (Å²) in [5, 5.41) is 2.82. The van der Waals surface area contributed by atoms with Crippen LogP contribution in [0.4, 0.5) is 5.69 Å². The summed E-state index contributed by atoms with van der Waals surface area (Å²) in [6.07, 6.45) is 0. The van der Waals surface area contributed by atoms with Gasteiger partial charge < -0.3 is 5.32 Å². The molecule has 0 bridgehead atoms. The van der Waals surface area contributed by atoms with Gasteiger partial charge in [0.05, 0.1) is 0 Å². The number of ketones is 1. The molecule has 4 nitrogen and oxygen atoms in total. The SMILES string of the molecule is CCN(CC)Cc1cc(C(C)=O)ccc1NC(C)=O. The Morgan fingerprint density at radius 1 is 1.16 bits per heavy atom. The Kier molecular flexibility index (Phi) is 5.70. The largest absolute Gasteiger partial charge is 0.326 e. The van der Waals surface area contributed by atoms with Crippen LogP contribution in [0.25, 0.3) is 0 Å². The molecule has 0 heterocycles. The smallest absolute Gasteiger partial charge is 0.221 e. The molecule has 0 aliphatic heterocycles. The predicted molar refractivity (Wildman–Crippen MR) is 77.4 cm³/mol. The fourth-order valence-electron chi connectivity index (χ4n) is 1.94. The molecular formula is C15H22N2O2. The average Bonchev–Trinajstić information content (AvgIpc) is 2.36. The van der Waals surface area contributed by atoms with Gasteiger partial charge in [-0.1, -0.05) is 13.8 Å². The van der Waals surface area contributed by atoms with E-state index >= 15 is 0 Å². The Labute approximate surface area is 114 Å². The van der Waals surface area contributed by atoms with E-state index in [0.29, 0.717) is 5.56 Å². The normalized spacial score (nSPS) is 10.6. The van der Waals surface area contributed by atoms with E-state index in [1.165, 1.54) is 6.92 Å². The standard InChI is InChI=1S/C15H22N2O2/c1-5-17(6-2)10-14-9-13(11(3)18)7-8-15(14)16-12(4)19/h7-9H,5-6,10H2,1-4H3,(H,16,19). The second kappa shape index (κ2) is 7.04. The molecule has 1 aromatic carbocycles.